The van der Waals surface area contributed by atoms with Crippen LogP contribution in [-0.2, 0) is 10.7 Å². The van der Waals surface area contributed by atoms with Gasteiger partial charge in [0.25, 0.3) is 0 Å². The molecule has 6 rings (SSSR count). The lowest BCUT2D eigenvalue weighted by Crippen LogP contribution is -2.19. The topological polar surface area (TPSA) is 89.8 Å². The third kappa shape index (κ3) is 3.69. The SMILES string of the molecule is O=C1CC(C(=O)Nc2ccc3nc(SCn4nnc5ccccc54)sc3c2)c2ccccc21. The number of rotatable bonds is 5. The summed E-state index contributed by atoms with van der Waals surface area (Å²) in [6, 6.07) is 20.9. The molecule has 1 unspecified atom stereocenters. The number of hydrogen-bond donors (Lipinski definition) is 1. The first-order valence-corrected chi connectivity index (χ1v) is 12.2. The molecular formula is C24H17N5O2S2. The van der Waals surface area contributed by atoms with Crippen LogP contribution in [0, 0.1) is 0 Å². The molecule has 0 saturated heterocycles. The Morgan fingerprint density at radius 2 is 1.94 bits per heavy atom. The zero-order valence-corrected chi connectivity index (χ0v) is 18.9. The lowest BCUT2D eigenvalue weighted by molar-refractivity contribution is -0.117. The van der Waals surface area contributed by atoms with Crippen molar-refractivity contribution in [3.8, 4) is 0 Å². The number of thioether (sulfide) groups is 1. The minimum Gasteiger partial charge on any atom is -0.325 e. The van der Waals surface area contributed by atoms with Gasteiger partial charge in [-0.05, 0) is 35.9 Å². The summed E-state index contributed by atoms with van der Waals surface area (Å²) in [5.41, 5.74) is 4.89. The first-order chi connectivity index (χ1) is 16.2. The summed E-state index contributed by atoms with van der Waals surface area (Å²) < 4.78 is 3.77. The summed E-state index contributed by atoms with van der Waals surface area (Å²) in [5, 5.41) is 11.4. The van der Waals surface area contributed by atoms with Crippen LogP contribution in [0.15, 0.2) is 71.1 Å². The van der Waals surface area contributed by atoms with Crippen molar-refractivity contribution < 1.29 is 9.59 Å². The zero-order chi connectivity index (χ0) is 22.4. The summed E-state index contributed by atoms with van der Waals surface area (Å²) in [6.07, 6.45) is 0.214. The molecule has 0 spiro atoms. The van der Waals surface area contributed by atoms with E-state index >= 15 is 0 Å². The van der Waals surface area contributed by atoms with Crippen molar-refractivity contribution in [2.45, 2.75) is 22.6 Å². The fraction of sp³-hybridized carbons (Fsp3) is 0.125. The van der Waals surface area contributed by atoms with Gasteiger partial charge in [0.2, 0.25) is 5.91 Å². The van der Waals surface area contributed by atoms with Crippen molar-refractivity contribution in [3.05, 3.63) is 77.9 Å². The minimum atomic E-state index is -0.450. The number of fused-ring (bicyclic) bond motifs is 3. The Bertz CT molecular complexity index is 1540. The van der Waals surface area contributed by atoms with Crippen molar-refractivity contribution in [2.75, 3.05) is 5.32 Å². The Labute approximate surface area is 196 Å². The Morgan fingerprint density at radius 3 is 2.88 bits per heavy atom. The van der Waals surface area contributed by atoms with E-state index in [1.165, 1.54) is 0 Å². The van der Waals surface area contributed by atoms with E-state index in [-0.39, 0.29) is 18.1 Å². The van der Waals surface area contributed by atoms with Gasteiger partial charge in [0, 0.05) is 17.7 Å². The van der Waals surface area contributed by atoms with Crippen LogP contribution < -0.4 is 5.32 Å². The smallest absolute Gasteiger partial charge is 0.232 e. The second-order valence-electron chi connectivity index (χ2n) is 7.77. The minimum absolute atomic E-state index is 0.0190. The first-order valence-electron chi connectivity index (χ1n) is 10.4. The molecule has 0 saturated carbocycles. The lowest BCUT2D eigenvalue weighted by atomic mass is 10.0. The number of para-hydroxylation sites is 1. The number of hydrogen-bond acceptors (Lipinski definition) is 7. The van der Waals surface area contributed by atoms with Gasteiger partial charge < -0.3 is 5.32 Å². The van der Waals surface area contributed by atoms with Crippen LogP contribution >= 0.6 is 23.1 Å². The number of carbonyl (C=O) groups excluding carboxylic acids is 2. The summed E-state index contributed by atoms with van der Waals surface area (Å²) in [6.45, 7) is 0. The number of benzene rings is 3. The second kappa shape index (κ2) is 8.09. The third-order valence-electron chi connectivity index (χ3n) is 5.71. The molecule has 0 radical (unpaired) electrons. The number of anilines is 1. The maximum Gasteiger partial charge on any atom is 0.232 e. The van der Waals surface area contributed by atoms with E-state index in [4.69, 9.17) is 4.98 Å². The molecule has 162 valence electrons. The monoisotopic (exact) mass is 471 g/mol. The fourth-order valence-corrected chi connectivity index (χ4v) is 6.08. The van der Waals surface area contributed by atoms with Gasteiger partial charge in [0.15, 0.2) is 10.1 Å². The fourth-order valence-electron chi connectivity index (χ4n) is 4.10. The predicted molar refractivity (Wildman–Crippen MR) is 130 cm³/mol. The maximum absolute atomic E-state index is 12.9. The van der Waals surface area contributed by atoms with E-state index in [1.807, 2.05) is 65.3 Å². The zero-order valence-electron chi connectivity index (χ0n) is 17.3. The first kappa shape index (κ1) is 20.1. The average Bonchev–Trinajstić information content (AvgIpc) is 3.53. The van der Waals surface area contributed by atoms with Crippen molar-refractivity contribution in [2.24, 2.45) is 0 Å². The number of aromatic nitrogens is 4. The highest BCUT2D eigenvalue weighted by Gasteiger charge is 2.33. The molecule has 0 bridgehead atoms. The quantitative estimate of drug-likeness (QED) is 0.359. The Kier molecular flexibility index (Phi) is 4.92. The number of thiazole rings is 1. The number of carbonyl (C=O) groups is 2. The molecule has 1 aliphatic carbocycles. The highest BCUT2D eigenvalue weighted by Crippen LogP contribution is 2.35. The van der Waals surface area contributed by atoms with Crippen molar-refractivity contribution in [1.29, 1.82) is 0 Å². The van der Waals surface area contributed by atoms with E-state index in [0.717, 1.165) is 31.2 Å². The molecule has 7 nitrogen and oxygen atoms in total. The van der Waals surface area contributed by atoms with Gasteiger partial charge >= 0.3 is 0 Å². The van der Waals surface area contributed by atoms with Crippen LogP contribution in [0.3, 0.4) is 0 Å². The maximum atomic E-state index is 12.9. The molecule has 1 atom stereocenters. The standard InChI is InChI=1S/C24H17N5O2S2/c30-21-12-17(15-5-1-2-6-16(15)21)23(31)25-14-9-10-19-22(11-14)33-24(26-19)32-13-29-20-8-4-3-7-18(20)27-28-29/h1-11,17H,12-13H2,(H,25,31). The summed E-state index contributed by atoms with van der Waals surface area (Å²) in [5.74, 6) is 0.0174. The summed E-state index contributed by atoms with van der Waals surface area (Å²) in [4.78, 5) is 29.8. The van der Waals surface area contributed by atoms with Gasteiger partial charge in [-0.25, -0.2) is 9.67 Å². The molecule has 1 aliphatic rings. The predicted octanol–water partition coefficient (Wildman–Crippen LogP) is 5.10. The Balaban J connectivity index is 1.18. The van der Waals surface area contributed by atoms with E-state index in [2.05, 4.69) is 15.6 Å². The number of amides is 1. The molecule has 1 amide bonds. The Morgan fingerprint density at radius 1 is 1.09 bits per heavy atom. The number of nitrogens with zero attached hydrogens (tertiary/aromatic N) is 4. The third-order valence-corrected chi connectivity index (χ3v) is 7.84. The highest BCUT2D eigenvalue weighted by atomic mass is 32.2. The molecule has 33 heavy (non-hydrogen) atoms. The number of ketones is 1. The summed E-state index contributed by atoms with van der Waals surface area (Å²) >= 11 is 3.17. The van der Waals surface area contributed by atoms with E-state index in [9.17, 15) is 9.59 Å². The summed E-state index contributed by atoms with van der Waals surface area (Å²) in [7, 11) is 0. The van der Waals surface area contributed by atoms with E-state index in [0.29, 0.717) is 17.1 Å². The molecular weight excluding hydrogens is 454 g/mol. The van der Waals surface area contributed by atoms with Crippen LogP contribution in [0.25, 0.3) is 21.3 Å². The molecule has 2 aromatic heterocycles. The average molecular weight is 472 g/mol. The van der Waals surface area contributed by atoms with Gasteiger partial charge in [0.05, 0.1) is 27.5 Å². The van der Waals surface area contributed by atoms with Gasteiger partial charge in [-0.1, -0.05) is 53.4 Å². The largest absolute Gasteiger partial charge is 0.325 e. The normalized spacial score (nSPS) is 15.3. The van der Waals surface area contributed by atoms with Crippen molar-refractivity contribution in [3.63, 3.8) is 0 Å². The highest BCUT2D eigenvalue weighted by molar-refractivity contribution is 8.00. The van der Waals surface area contributed by atoms with E-state index in [1.54, 1.807) is 29.2 Å². The Hall–Kier alpha value is -3.56. The van der Waals surface area contributed by atoms with Crippen molar-refractivity contribution in [1.82, 2.24) is 20.0 Å². The lowest BCUT2D eigenvalue weighted by Gasteiger charge is -2.11. The molecule has 9 heteroatoms. The van der Waals surface area contributed by atoms with Crippen LogP contribution in [-0.4, -0.2) is 31.7 Å². The van der Waals surface area contributed by atoms with Gasteiger partial charge in [-0.15, -0.1) is 16.4 Å². The van der Waals surface area contributed by atoms with E-state index < -0.39 is 5.92 Å². The number of nitrogens with one attached hydrogen (secondary N) is 1. The molecule has 3 aromatic carbocycles. The van der Waals surface area contributed by atoms with Gasteiger partial charge in [0.1, 0.15) is 5.52 Å². The molecule has 1 N–H and O–H groups in total. The number of Topliss-reactive ketones (excluding diaryl/α,β-unsaturated/α-hetero) is 1. The molecule has 0 fully saturated rings. The second-order valence-corrected chi connectivity index (χ2v) is 9.99. The van der Waals surface area contributed by atoms with Crippen LogP contribution in [0.1, 0.15) is 28.3 Å². The molecule has 0 aliphatic heterocycles. The molecule has 5 aromatic rings. The van der Waals surface area contributed by atoms with Crippen LogP contribution in [0.4, 0.5) is 5.69 Å². The van der Waals surface area contributed by atoms with Crippen LogP contribution in [0.5, 0.6) is 0 Å². The molecule has 2 heterocycles. The van der Waals surface area contributed by atoms with Gasteiger partial charge in [-0.2, -0.15) is 0 Å². The van der Waals surface area contributed by atoms with Crippen LogP contribution in [0.2, 0.25) is 0 Å². The van der Waals surface area contributed by atoms with Gasteiger partial charge in [-0.3, -0.25) is 9.59 Å². The van der Waals surface area contributed by atoms with Crippen molar-refractivity contribution >= 4 is 61.7 Å².